The highest BCUT2D eigenvalue weighted by Gasteiger charge is 2.40. The molecule has 1 heterocycles. The zero-order chi connectivity index (χ0) is 15.8. The zero-order valence-electron chi connectivity index (χ0n) is 12.3. The van der Waals surface area contributed by atoms with Gasteiger partial charge in [0.15, 0.2) is 0 Å². The molecule has 116 valence electrons. The Morgan fingerprint density at radius 3 is 2.62 bits per heavy atom. The van der Waals surface area contributed by atoms with Crippen molar-refractivity contribution in [1.82, 2.24) is 9.62 Å². The normalized spacial score (nSPS) is 19.4. The van der Waals surface area contributed by atoms with E-state index in [-0.39, 0.29) is 10.6 Å². The quantitative estimate of drug-likeness (QED) is 0.670. The molecule has 0 unspecified atom stereocenters. The van der Waals surface area contributed by atoms with E-state index in [1.54, 1.807) is 6.92 Å². The Kier molecular flexibility index (Phi) is 4.05. The molecule has 0 atom stereocenters. The molecule has 1 aliphatic rings. The fourth-order valence-corrected chi connectivity index (χ4v) is 4.54. The van der Waals surface area contributed by atoms with Crippen LogP contribution in [0.4, 0.5) is 5.69 Å². The van der Waals surface area contributed by atoms with E-state index in [0.717, 1.165) is 6.07 Å². The number of nitro groups is 1. The predicted molar refractivity (Wildman–Crippen MR) is 78.7 cm³/mol. The van der Waals surface area contributed by atoms with Gasteiger partial charge in [-0.05, 0) is 26.3 Å². The van der Waals surface area contributed by atoms with Gasteiger partial charge in [0.05, 0.1) is 9.82 Å². The molecule has 0 bridgehead atoms. The monoisotopic (exact) mass is 313 g/mol. The fraction of sp³-hybridized carbons (Fsp3) is 0.538. The molecule has 1 aromatic rings. The van der Waals surface area contributed by atoms with Crippen LogP contribution in [0.1, 0.15) is 19.4 Å². The van der Waals surface area contributed by atoms with E-state index in [4.69, 9.17) is 0 Å². The number of piperazine rings is 1. The lowest BCUT2D eigenvalue weighted by molar-refractivity contribution is -0.385. The molecule has 1 aromatic carbocycles. The summed E-state index contributed by atoms with van der Waals surface area (Å²) in [5, 5.41) is 14.0. The Balaban J connectivity index is 2.53. The number of nitro benzene ring substituents is 1. The highest BCUT2D eigenvalue weighted by Crippen LogP contribution is 2.29. The third-order valence-corrected chi connectivity index (χ3v) is 5.93. The average Bonchev–Trinajstić information content (AvgIpc) is 2.37. The molecule has 8 heteroatoms. The second-order valence-corrected chi connectivity index (χ2v) is 7.60. The summed E-state index contributed by atoms with van der Waals surface area (Å²) in [7, 11) is -3.77. The number of hydrogen-bond donors (Lipinski definition) is 1. The van der Waals surface area contributed by atoms with Crippen molar-refractivity contribution in [3.05, 3.63) is 33.9 Å². The number of hydrogen-bond acceptors (Lipinski definition) is 5. The minimum Gasteiger partial charge on any atom is -0.314 e. The first-order valence-corrected chi connectivity index (χ1v) is 8.09. The van der Waals surface area contributed by atoms with Crippen LogP contribution in [-0.2, 0) is 10.0 Å². The molecular weight excluding hydrogens is 294 g/mol. The van der Waals surface area contributed by atoms with Crippen LogP contribution in [0.3, 0.4) is 0 Å². The molecular formula is C13H19N3O4S. The van der Waals surface area contributed by atoms with E-state index in [9.17, 15) is 18.5 Å². The molecule has 1 aliphatic heterocycles. The van der Waals surface area contributed by atoms with Gasteiger partial charge >= 0.3 is 0 Å². The van der Waals surface area contributed by atoms with Crippen LogP contribution in [-0.4, -0.2) is 42.8 Å². The van der Waals surface area contributed by atoms with Gasteiger partial charge in [0.1, 0.15) is 0 Å². The molecule has 21 heavy (non-hydrogen) atoms. The first-order chi connectivity index (χ1) is 9.66. The van der Waals surface area contributed by atoms with Gasteiger partial charge in [-0.2, -0.15) is 4.31 Å². The lowest BCUT2D eigenvalue weighted by Gasteiger charge is -2.41. The topological polar surface area (TPSA) is 92.5 Å². The van der Waals surface area contributed by atoms with Crippen LogP contribution in [0, 0.1) is 17.0 Å². The van der Waals surface area contributed by atoms with Gasteiger partial charge < -0.3 is 5.32 Å². The Labute approximate surface area is 124 Å². The van der Waals surface area contributed by atoms with E-state index in [2.05, 4.69) is 5.32 Å². The molecule has 0 spiro atoms. The summed E-state index contributed by atoms with van der Waals surface area (Å²) >= 11 is 0. The minimum atomic E-state index is -3.77. The van der Waals surface area contributed by atoms with Gasteiger partial charge in [-0.1, -0.05) is 6.07 Å². The maximum atomic E-state index is 12.9. The van der Waals surface area contributed by atoms with Crippen molar-refractivity contribution in [2.75, 3.05) is 19.6 Å². The Morgan fingerprint density at radius 2 is 2.05 bits per heavy atom. The van der Waals surface area contributed by atoms with Gasteiger partial charge in [0.2, 0.25) is 10.0 Å². The van der Waals surface area contributed by atoms with Crippen LogP contribution in [0.25, 0.3) is 0 Å². The van der Waals surface area contributed by atoms with Crippen LogP contribution in [0.2, 0.25) is 0 Å². The lowest BCUT2D eigenvalue weighted by Crippen LogP contribution is -2.59. The third kappa shape index (κ3) is 2.92. The van der Waals surface area contributed by atoms with Crippen molar-refractivity contribution in [3.63, 3.8) is 0 Å². The third-order valence-electron chi connectivity index (χ3n) is 3.68. The smallest absolute Gasteiger partial charge is 0.270 e. The SMILES string of the molecule is Cc1ccc([N+](=O)[O-])cc1S(=O)(=O)N1CCNCC1(C)C. The largest absolute Gasteiger partial charge is 0.314 e. The Morgan fingerprint density at radius 1 is 1.38 bits per heavy atom. The number of aryl methyl sites for hydroxylation is 1. The summed E-state index contributed by atoms with van der Waals surface area (Å²) in [4.78, 5) is 10.3. The summed E-state index contributed by atoms with van der Waals surface area (Å²) in [6, 6.07) is 3.93. The highest BCUT2D eigenvalue weighted by molar-refractivity contribution is 7.89. The first-order valence-electron chi connectivity index (χ1n) is 6.65. The number of nitrogens with zero attached hydrogens (tertiary/aromatic N) is 2. The Hall–Kier alpha value is -1.51. The molecule has 1 fully saturated rings. The number of non-ortho nitro benzene ring substituents is 1. The van der Waals surface area contributed by atoms with Crippen LogP contribution in [0.15, 0.2) is 23.1 Å². The van der Waals surface area contributed by atoms with Crippen molar-refractivity contribution in [3.8, 4) is 0 Å². The number of sulfonamides is 1. The maximum Gasteiger partial charge on any atom is 0.270 e. The molecule has 0 radical (unpaired) electrons. The molecule has 7 nitrogen and oxygen atoms in total. The standard InChI is InChI=1S/C13H19N3O4S/c1-10-4-5-11(16(17)18)8-12(10)21(19,20)15-7-6-14-9-13(15,2)3/h4-5,8,14H,6-7,9H2,1-3H3. The van der Waals surface area contributed by atoms with Crippen LogP contribution in [0.5, 0.6) is 0 Å². The predicted octanol–water partition coefficient (Wildman–Crippen LogP) is 1.28. The van der Waals surface area contributed by atoms with E-state index in [1.165, 1.54) is 16.4 Å². The second-order valence-electron chi connectivity index (χ2n) is 5.77. The minimum absolute atomic E-state index is 0.00618. The molecule has 2 rings (SSSR count). The van der Waals surface area contributed by atoms with Gasteiger partial charge in [0, 0.05) is 37.3 Å². The number of benzene rings is 1. The number of nitrogens with one attached hydrogen (secondary N) is 1. The summed E-state index contributed by atoms with van der Waals surface area (Å²) in [5.41, 5.74) is -0.282. The fourth-order valence-electron chi connectivity index (χ4n) is 2.51. The van der Waals surface area contributed by atoms with Crippen molar-refractivity contribution < 1.29 is 13.3 Å². The molecule has 0 saturated carbocycles. The average molecular weight is 313 g/mol. The zero-order valence-corrected chi connectivity index (χ0v) is 13.1. The van der Waals surface area contributed by atoms with Crippen LogP contribution < -0.4 is 5.32 Å². The second kappa shape index (κ2) is 5.36. The van der Waals surface area contributed by atoms with Crippen molar-refractivity contribution >= 4 is 15.7 Å². The van der Waals surface area contributed by atoms with E-state index in [1.807, 2.05) is 13.8 Å². The van der Waals surface area contributed by atoms with Crippen molar-refractivity contribution in [2.24, 2.45) is 0 Å². The van der Waals surface area contributed by atoms with Gasteiger partial charge in [-0.25, -0.2) is 8.42 Å². The molecule has 0 aromatic heterocycles. The van der Waals surface area contributed by atoms with Gasteiger partial charge in [0.25, 0.3) is 5.69 Å². The highest BCUT2D eigenvalue weighted by atomic mass is 32.2. The Bertz CT molecular complexity index is 670. The van der Waals surface area contributed by atoms with Gasteiger partial charge in [-0.3, -0.25) is 10.1 Å². The molecule has 1 N–H and O–H groups in total. The summed E-state index contributed by atoms with van der Waals surface area (Å²) < 4.78 is 27.2. The lowest BCUT2D eigenvalue weighted by atomic mass is 10.0. The summed E-state index contributed by atoms with van der Waals surface area (Å²) in [6.07, 6.45) is 0. The van der Waals surface area contributed by atoms with Crippen LogP contribution >= 0.6 is 0 Å². The number of rotatable bonds is 3. The summed E-state index contributed by atoms with van der Waals surface area (Å²) in [6.45, 7) is 6.77. The maximum absolute atomic E-state index is 12.9. The molecule has 1 saturated heterocycles. The van der Waals surface area contributed by atoms with E-state index < -0.39 is 20.5 Å². The van der Waals surface area contributed by atoms with Crippen molar-refractivity contribution in [2.45, 2.75) is 31.2 Å². The first kappa shape index (κ1) is 15.9. The van der Waals surface area contributed by atoms with Crippen molar-refractivity contribution in [1.29, 1.82) is 0 Å². The molecule has 0 aliphatic carbocycles. The van der Waals surface area contributed by atoms with E-state index >= 15 is 0 Å². The van der Waals surface area contributed by atoms with Gasteiger partial charge in [-0.15, -0.1) is 0 Å². The van der Waals surface area contributed by atoms with E-state index in [0.29, 0.717) is 25.2 Å². The summed E-state index contributed by atoms with van der Waals surface area (Å²) in [5.74, 6) is 0. The molecule has 0 amide bonds.